The van der Waals surface area contributed by atoms with E-state index in [1.807, 2.05) is 18.7 Å². The molecule has 1 fully saturated rings. The zero-order valence-corrected chi connectivity index (χ0v) is 20.9. The standard InChI is InChI=1S/C23H28F3N5O2.C2H6/c1-14-18(23(24,25)26)12-21-19(27-14)4-3-8-30(21)22-17-13-29(15(2)32)9-5-20(17)31(28-22)16-6-10-33-11-7-16;1-2/h12,16H,3-11,13H2,1-2H3;1-2H3. The molecule has 3 aliphatic rings. The van der Waals surface area contributed by atoms with Gasteiger partial charge in [0.05, 0.1) is 29.5 Å². The van der Waals surface area contributed by atoms with E-state index in [9.17, 15) is 18.0 Å². The highest BCUT2D eigenvalue weighted by atomic mass is 19.4. The van der Waals surface area contributed by atoms with E-state index in [-0.39, 0.29) is 17.6 Å². The van der Waals surface area contributed by atoms with Gasteiger partial charge in [0.2, 0.25) is 5.91 Å². The number of fused-ring (bicyclic) bond motifs is 2. The zero-order valence-electron chi connectivity index (χ0n) is 20.9. The lowest BCUT2D eigenvalue weighted by atomic mass is 10.0. The quantitative estimate of drug-likeness (QED) is 0.591. The summed E-state index contributed by atoms with van der Waals surface area (Å²) in [6.45, 7) is 9.89. The molecule has 0 aromatic carbocycles. The van der Waals surface area contributed by atoms with Crippen molar-refractivity contribution in [2.75, 3.05) is 31.2 Å². The molecule has 35 heavy (non-hydrogen) atoms. The number of ether oxygens (including phenoxy) is 1. The molecule has 0 N–H and O–H groups in total. The number of halogens is 3. The van der Waals surface area contributed by atoms with E-state index in [4.69, 9.17) is 9.84 Å². The van der Waals surface area contributed by atoms with E-state index in [0.29, 0.717) is 62.9 Å². The Morgan fingerprint density at radius 3 is 2.51 bits per heavy atom. The molecule has 3 aliphatic heterocycles. The molecule has 5 heterocycles. The third kappa shape index (κ3) is 4.90. The number of aryl methyl sites for hydroxylation is 2. The molecule has 0 aliphatic carbocycles. The van der Waals surface area contributed by atoms with Crippen molar-refractivity contribution in [1.29, 1.82) is 0 Å². The topological polar surface area (TPSA) is 63.5 Å². The van der Waals surface area contributed by atoms with Gasteiger partial charge < -0.3 is 14.5 Å². The van der Waals surface area contributed by atoms with Gasteiger partial charge in [-0.25, -0.2) is 0 Å². The van der Waals surface area contributed by atoms with Gasteiger partial charge in [0.25, 0.3) is 0 Å². The highest BCUT2D eigenvalue weighted by molar-refractivity contribution is 5.75. The van der Waals surface area contributed by atoms with E-state index >= 15 is 0 Å². The first-order chi connectivity index (χ1) is 16.7. The van der Waals surface area contributed by atoms with Gasteiger partial charge in [0.15, 0.2) is 5.82 Å². The van der Waals surface area contributed by atoms with E-state index in [2.05, 4.69) is 9.67 Å². The van der Waals surface area contributed by atoms with Gasteiger partial charge in [0, 0.05) is 56.6 Å². The van der Waals surface area contributed by atoms with Crippen molar-refractivity contribution in [2.45, 2.75) is 78.6 Å². The van der Waals surface area contributed by atoms with Gasteiger partial charge in [0.1, 0.15) is 0 Å². The molecular formula is C25H34F3N5O2. The Morgan fingerprint density at radius 2 is 1.86 bits per heavy atom. The second-order valence-electron chi connectivity index (χ2n) is 9.07. The molecule has 0 unspecified atom stereocenters. The number of pyridine rings is 1. The molecule has 2 aromatic rings. The van der Waals surface area contributed by atoms with Gasteiger partial charge >= 0.3 is 6.18 Å². The molecule has 192 valence electrons. The summed E-state index contributed by atoms with van der Waals surface area (Å²) >= 11 is 0. The van der Waals surface area contributed by atoms with Crippen molar-refractivity contribution in [3.8, 4) is 0 Å². The lowest BCUT2D eigenvalue weighted by molar-refractivity contribution is -0.138. The monoisotopic (exact) mass is 493 g/mol. The minimum Gasteiger partial charge on any atom is -0.381 e. The molecule has 5 rings (SSSR count). The number of rotatable bonds is 2. The number of carbonyl (C=O) groups is 1. The molecule has 0 bridgehead atoms. The van der Waals surface area contributed by atoms with Crippen LogP contribution >= 0.6 is 0 Å². The summed E-state index contributed by atoms with van der Waals surface area (Å²) in [6.07, 6.45) is -0.687. The number of carbonyl (C=O) groups excluding carboxylic acids is 1. The van der Waals surface area contributed by atoms with E-state index in [1.54, 1.807) is 11.8 Å². The molecule has 2 aromatic heterocycles. The van der Waals surface area contributed by atoms with Crippen LogP contribution in [0.1, 0.15) is 74.3 Å². The maximum Gasteiger partial charge on any atom is 0.418 e. The molecular weight excluding hydrogens is 459 g/mol. The lowest BCUT2D eigenvalue weighted by Gasteiger charge is -2.32. The SMILES string of the molecule is CC.CC(=O)N1CCc2c(c(N3CCCc4nc(C)c(C(F)(F)F)cc43)nn2C2CCOCC2)C1. The number of amides is 1. The molecule has 1 amide bonds. The van der Waals surface area contributed by atoms with Crippen LogP contribution in [0.2, 0.25) is 0 Å². The van der Waals surface area contributed by atoms with Crippen LogP contribution in [0.4, 0.5) is 24.7 Å². The average molecular weight is 494 g/mol. The van der Waals surface area contributed by atoms with Gasteiger partial charge in [-0.1, -0.05) is 13.8 Å². The Hall–Kier alpha value is -2.62. The minimum absolute atomic E-state index is 0.000573. The van der Waals surface area contributed by atoms with Crippen molar-refractivity contribution in [1.82, 2.24) is 19.7 Å². The van der Waals surface area contributed by atoms with Crippen LogP contribution < -0.4 is 4.90 Å². The zero-order chi connectivity index (χ0) is 25.3. The van der Waals surface area contributed by atoms with E-state index in [0.717, 1.165) is 30.5 Å². The van der Waals surface area contributed by atoms with Crippen LogP contribution in [0.25, 0.3) is 0 Å². The Labute approximate surface area is 204 Å². The van der Waals surface area contributed by atoms with E-state index in [1.165, 1.54) is 13.0 Å². The highest BCUT2D eigenvalue weighted by Crippen LogP contribution is 2.42. The summed E-state index contributed by atoms with van der Waals surface area (Å²) in [5, 5.41) is 4.99. The Kier molecular flexibility index (Phi) is 7.40. The molecule has 1 saturated heterocycles. The molecule has 0 atom stereocenters. The fourth-order valence-electron chi connectivity index (χ4n) is 5.24. The van der Waals surface area contributed by atoms with Gasteiger partial charge in [-0.05, 0) is 38.7 Å². The lowest BCUT2D eigenvalue weighted by Crippen LogP contribution is -2.36. The first kappa shape index (κ1) is 25.5. The molecule has 0 spiro atoms. The predicted octanol–water partition coefficient (Wildman–Crippen LogP) is 4.97. The van der Waals surface area contributed by atoms with Crippen molar-refractivity contribution in [2.24, 2.45) is 0 Å². The molecule has 10 heteroatoms. The third-order valence-electron chi connectivity index (χ3n) is 6.96. The second-order valence-corrected chi connectivity index (χ2v) is 9.07. The number of nitrogens with zero attached hydrogens (tertiary/aromatic N) is 5. The van der Waals surface area contributed by atoms with E-state index < -0.39 is 11.7 Å². The van der Waals surface area contributed by atoms with Crippen molar-refractivity contribution >= 4 is 17.4 Å². The number of alkyl halides is 3. The Morgan fingerprint density at radius 1 is 1.14 bits per heavy atom. The average Bonchev–Trinajstić information content (AvgIpc) is 3.23. The van der Waals surface area contributed by atoms with Gasteiger partial charge in [-0.2, -0.15) is 18.3 Å². The fraction of sp³-hybridized carbons (Fsp3) is 0.640. The van der Waals surface area contributed by atoms with Crippen molar-refractivity contribution in [3.05, 3.63) is 34.3 Å². The number of aromatic nitrogens is 3. The summed E-state index contributed by atoms with van der Waals surface area (Å²) < 4.78 is 48.6. The van der Waals surface area contributed by atoms with Crippen LogP contribution in [-0.2, 0) is 35.1 Å². The first-order valence-electron chi connectivity index (χ1n) is 12.5. The van der Waals surface area contributed by atoms with Crippen LogP contribution in [-0.4, -0.2) is 51.9 Å². The van der Waals surface area contributed by atoms with Crippen LogP contribution in [0.15, 0.2) is 6.07 Å². The fourth-order valence-corrected chi connectivity index (χ4v) is 5.24. The first-order valence-corrected chi connectivity index (χ1v) is 12.5. The normalized spacial score (nSPS) is 18.5. The van der Waals surface area contributed by atoms with Gasteiger partial charge in [-0.3, -0.25) is 14.5 Å². The largest absolute Gasteiger partial charge is 0.418 e. The molecule has 0 radical (unpaired) electrons. The maximum atomic E-state index is 13.7. The summed E-state index contributed by atoms with van der Waals surface area (Å²) in [7, 11) is 0. The van der Waals surface area contributed by atoms with Crippen LogP contribution in [0.5, 0.6) is 0 Å². The highest BCUT2D eigenvalue weighted by Gasteiger charge is 2.37. The van der Waals surface area contributed by atoms with Crippen LogP contribution in [0, 0.1) is 6.92 Å². The minimum atomic E-state index is -4.47. The predicted molar refractivity (Wildman–Crippen MR) is 127 cm³/mol. The van der Waals surface area contributed by atoms with Gasteiger partial charge in [-0.15, -0.1) is 0 Å². The smallest absolute Gasteiger partial charge is 0.381 e. The number of anilines is 2. The third-order valence-corrected chi connectivity index (χ3v) is 6.96. The van der Waals surface area contributed by atoms with Crippen molar-refractivity contribution in [3.63, 3.8) is 0 Å². The van der Waals surface area contributed by atoms with Crippen molar-refractivity contribution < 1.29 is 22.7 Å². The summed E-state index contributed by atoms with van der Waals surface area (Å²) in [5.41, 5.74) is 2.44. The van der Waals surface area contributed by atoms with Crippen LogP contribution in [0.3, 0.4) is 0 Å². The molecule has 7 nitrogen and oxygen atoms in total. The summed E-state index contributed by atoms with van der Waals surface area (Å²) in [5.74, 6) is 0.642. The summed E-state index contributed by atoms with van der Waals surface area (Å²) in [4.78, 5) is 20.1. The Bertz CT molecular complexity index is 1080. The maximum absolute atomic E-state index is 13.7. The molecule has 0 saturated carbocycles. The second kappa shape index (κ2) is 10.2. The summed E-state index contributed by atoms with van der Waals surface area (Å²) in [6, 6.07) is 1.42. The number of hydrogen-bond acceptors (Lipinski definition) is 5. The number of hydrogen-bond donors (Lipinski definition) is 0. The Balaban J connectivity index is 0.00000141.